The Bertz CT molecular complexity index is 234. The lowest BCUT2D eigenvalue weighted by molar-refractivity contribution is 0.413. The smallest absolute Gasteiger partial charge is 0.00156 e. The predicted octanol–water partition coefficient (Wildman–Crippen LogP) is 3.80. The largest absolute Gasteiger partial charge is 0.309 e. The molecule has 0 spiro atoms. The van der Waals surface area contributed by atoms with Crippen molar-refractivity contribution in [2.45, 2.75) is 33.1 Å². The average molecular weight is 207 g/mol. The first kappa shape index (κ1) is 14.2. The van der Waals surface area contributed by atoms with Crippen molar-refractivity contribution in [2.75, 3.05) is 20.6 Å². The van der Waals surface area contributed by atoms with Crippen LogP contribution in [-0.4, -0.2) is 25.5 Å². The summed E-state index contributed by atoms with van der Waals surface area (Å²) in [5, 5.41) is 0. The first-order chi connectivity index (χ1) is 7.20. The van der Waals surface area contributed by atoms with E-state index in [2.05, 4.69) is 43.8 Å². The highest BCUT2D eigenvalue weighted by atomic mass is 15.0. The Balaban J connectivity index is 0.000000921. The molecule has 0 saturated heterocycles. The van der Waals surface area contributed by atoms with Gasteiger partial charge in [0.25, 0.3) is 0 Å². The van der Waals surface area contributed by atoms with Gasteiger partial charge >= 0.3 is 0 Å². The van der Waals surface area contributed by atoms with E-state index in [9.17, 15) is 0 Å². The van der Waals surface area contributed by atoms with Gasteiger partial charge in [-0.05, 0) is 38.9 Å². The Kier molecular flexibility index (Phi) is 8.02. The topological polar surface area (TPSA) is 3.24 Å². The molecular formula is C14H25N. The highest BCUT2D eigenvalue weighted by Crippen LogP contribution is 2.21. The van der Waals surface area contributed by atoms with Crippen LogP contribution in [0.1, 0.15) is 33.1 Å². The molecule has 0 saturated carbocycles. The van der Waals surface area contributed by atoms with Crippen molar-refractivity contribution in [2.24, 2.45) is 0 Å². The molecule has 0 aromatic rings. The van der Waals surface area contributed by atoms with Crippen molar-refractivity contribution >= 4 is 0 Å². The summed E-state index contributed by atoms with van der Waals surface area (Å²) in [6, 6.07) is 0. The molecular weight excluding hydrogens is 182 g/mol. The summed E-state index contributed by atoms with van der Waals surface area (Å²) in [7, 11) is 4.20. The predicted molar refractivity (Wildman–Crippen MR) is 70.1 cm³/mol. The van der Waals surface area contributed by atoms with Crippen LogP contribution in [0, 0.1) is 0 Å². The number of hydrogen-bond acceptors (Lipinski definition) is 1. The lowest BCUT2D eigenvalue weighted by Gasteiger charge is -2.14. The second-order valence-electron chi connectivity index (χ2n) is 3.82. The lowest BCUT2D eigenvalue weighted by Crippen LogP contribution is -2.13. The molecule has 0 aromatic carbocycles. The molecule has 0 N–H and O–H groups in total. The summed E-state index contributed by atoms with van der Waals surface area (Å²) in [6.07, 6.45) is 9.98. The molecule has 0 fully saturated rings. The third kappa shape index (κ3) is 6.29. The van der Waals surface area contributed by atoms with E-state index in [0.717, 1.165) is 13.0 Å². The molecule has 0 amide bonds. The Hall–Kier alpha value is -0.820. The Morgan fingerprint density at radius 1 is 1.40 bits per heavy atom. The molecule has 0 heterocycles. The van der Waals surface area contributed by atoms with Crippen LogP contribution in [0.2, 0.25) is 0 Å². The summed E-state index contributed by atoms with van der Waals surface area (Å²) < 4.78 is 0. The van der Waals surface area contributed by atoms with Gasteiger partial charge in [-0.1, -0.05) is 44.2 Å². The summed E-state index contributed by atoms with van der Waals surface area (Å²) in [6.45, 7) is 9.22. The molecule has 1 heteroatoms. The van der Waals surface area contributed by atoms with Crippen LogP contribution < -0.4 is 0 Å². The van der Waals surface area contributed by atoms with E-state index in [1.807, 2.05) is 13.8 Å². The van der Waals surface area contributed by atoms with Crippen LogP contribution in [0.5, 0.6) is 0 Å². The number of rotatable bonds is 4. The molecule has 0 radical (unpaired) electrons. The third-order valence-corrected chi connectivity index (χ3v) is 2.33. The molecule has 0 unspecified atom stereocenters. The lowest BCUT2D eigenvalue weighted by atomic mass is 9.96. The molecule has 1 nitrogen and oxygen atoms in total. The van der Waals surface area contributed by atoms with Crippen LogP contribution >= 0.6 is 0 Å². The zero-order valence-corrected chi connectivity index (χ0v) is 10.7. The second-order valence-corrected chi connectivity index (χ2v) is 3.82. The van der Waals surface area contributed by atoms with E-state index >= 15 is 0 Å². The summed E-state index contributed by atoms with van der Waals surface area (Å²) in [5.74, 6) is 0. The van der Waals surface area contributed by atoms with E-state index in [0.29, 0.717) is 0 Å². The van der Waals surface area contributed by atoms with E-state index in [1.165, 1.54) is 24.0 Å². The van der Waals surface area contributed by atoms with Crippen LogP contribution in [0.3, 0.4) is 0 Å². The van der Waals surface area contributed by atoms with Crippen molar-refractivity contribution in [1.29, 1.82) is 0 Å². The van der Waals surface area contributed by atoms with Gasteiger partial charge in [0.2, 0.25) is 0 Å². The Labute approximate surface area is 95.2 Å². The number of hydrogen-bond donors (Lipinski definition) is 0. The van der Waals surface area contributed by atoms with Gasteiger partial charge in [-0.15, -0.1) is 0 Å². The van der Waals surface area contributed by atoms with Gasteiger partial charge in [-0.2, -0.15) is 0 Å². The Morgan fingerprint density at radius 2 is 2.07 bits per heavy atom. The van der Waals surface area contributed by atoms with Crippen LogP contribution in [0.4, 0.5) is 0 Å². The van der Waals surface area contributed by atoms with E-state index in [4.69, 9.17) is 0 Å². The molecule has 1 rings (SSSR count). The van der Waals surface area contributed by atoms with Crippen LogP contribution in [-0.2, 0) is 0 Å². The number of nitrogens with zero attached hydrogens (tertiary/aromatic N) is 1. The maximum absolute atomic E-state index is 4.12. The molecule has 0 aromatic heterocycles. The van der Waals surface area contributed by atoms with Gasteiger partial charge in [0.15, 0.2) is 0 Å². The monoisotopic (exact) mass is 207 g/mol. The highest BCUT2D eigenvalue weighted by molar-refractivity contribution is 5.34. The van der Waals surface area contributed by atoms with Gasteiger partial charge in [0, 0.05) is 6.54 Å². The summed E-state index contributed by atoms with van der Waals surface area (Å²) in [5.41, 5.74) is 2.74. The summed E-state index contributed by atoms with van der Waals surface area (Å²) in [4.78, 5) is 2.20. The fourth-order valence-electron chi connectivity index (χ4n) is 1.42. The first-order valence-corrected chi connectivity index (χ1v) is 5.88. The van der Waals surface area contributed by atoms with E-state index in [1.54, 1.807) is 0 Å². The van der Waals surface area contributed by atoms with Crippen molar-refractivity contribution in [3.8, 4) is 0 Å². The van der Waals surface area contributed by atoms with Gasteiger partial charge in [0.05, 0.1) is 0 Å². The van der Waals surface area contributed by atoms with Crippen molar-refractivity contribution in [3.05, 3.63) is 36.0 Å². The maximum Gasteiger partial charge on any atom is 0.00156 e. The SMILES string of the molecule is C=C(CCN(C)C)C1=CC=CCC1.CC. The second kappa shape index (κ2) is 8.49. The minimum Gasteiger partial charge on any atom is -0.309 e. The molecule has 0 aliphatic heterocycles. The fraction of sp³-hybridized carbons (Fsp3) is 0.571. The third-order valence-electron chi connectivity index (χ3n) is 2.33. The normalized spacial score (nSPS) is 14.3. The molecule has 1 aliphatic rings. The molecule has 0 atom stereocenters. The van der Waals surface area contributed by atoms with Gasteiger partial charge in [0.1, 0.15) is 0 Å². The van der Waals surface area contributed by atoms with Crippen LogP contribution in [0.25, 0.3) is 0 Å². The zero-order chi connectivity index (χ0) is 11.7. The molecule has 0 bridgehead atoms. The molecule has 15 heavy (non-hydrogen) atoms. The van der Waals surface area contributed by atoms with Crippen LogP contribution in [0.15, 0.2) is 36.0 Å². The maximum atomic E-state index is 4.12. The number of allylic oxidation sites excluding steroid dienone is 4. The van der Waals surface area contributed by atoms with Gasteiger partial charge in [-0.3, -0.25) is 0 Å². The van der Waals surface area contributed by atoms with Gasteiger partial charge in [-0.25, -0.2) is 0 Å². The van der Waals surface area contributed by atoms with Crippen molar-refractivity contribution in [3.63, 3.8) is 0 Å². The average Bonchev–Trinajstić information content (AvgIpc) is 2.30. The van der Waals surface area contributed by atoms with E-state index in [-0.39, 0.29) is 0 Å². The van der Waals surface area contributed by atoms with Crippen molar-refractivity contribution < 1.29 is 0 Å². The molecule has 1 aliphatic carbocycles. The quantitative estimate of drug-likeness (QED) is 0.678. The standard InChI is InChI=1S/C12H19N.C2H6/c1-11(9-10-13(2)3)12-7-5-4-6-8-12;1-2/h4-5,7H,1,6,8-10H2,2-3H3;1-2H3. The molecule has 86 valence electrons. The first-order valence-electron chi connectivity index (χ1n) is 5.88. The summed E-state index contributed by atoms with van der Waals surface area (Å²) >= 11 is 0. The zero-order valence-electron chi connectivity index (χ0n) is 10.7. The minimum absolute atomic E-state index is 1.09. The Morgan fingerprint density at radius 3 is 2.53 bits per heavy atom. The van der Waals surface area contributed by atoms with E-state index < -0.39 is 0 Å². The van der Waals surface area contributed by atoms with Crippen molar-refractivity contribution in [1.82, 2.24) is 4.90 Å². The minimum atomic E-state index is 1.09. The fourth-order valence-corrected chi connectivity index (χ4v) is 1.42. The van der Waals surface area contributed by atoms with Gasteiger partial charge < -0.3 is 4.90 Å². The highest BCUT2D eigenvalue weighted by Gasteiger charge is 2.04.